The van der Waals surface area contributed by atoms with E-state index in [9.17, 15) is 9.90 Å². The number of aliphatic hydroxyl groups excluding tert-OH is 1. The molecule has 2 rings (SSSR count). The number of hydrogen-bond donors (Lipinski definition) is 1. The summed E-state index contributed by atoms with van der Waals surface area (Å²) in [6.45, 7) is 2.23. The van der Waals surface area contributed by atoms with Gasteiger partial charge in [-0.15, -0.1) is 0 Å². The molecule has 0 aromatic carbocycles. The van der Waals surface area contributed by atoms with E-state index in [0.717, 1.165) is 5.82 Å². The average Bonchev–Trinajstić information content (AvgIpc) is 3.03. The van der Waals surface area contributed by atoms with Crippen LogP contribution in [0.4, 0.5) is 0 Å². The van der Waals surface area contributed by atoms with E-state index in [1.807, 2.05) is 36.1 Å². The maximum Gasteiger partial charge on any atom is 0.259 e. The largest absolute Gasteiger partial charge is 0.393 e. The number of aromatic nitrogens is 3. The third-order valence-corrected chi connectivity index (χ3v) is 3.22. The Morgan fingerprint density at radius 2 is 2.10 bits per heavy atom. The molecule has 6 heteroatoms. The number of rotatable bonds is 5. The van der Waals surface area contributed by atoms with Gasteiger partial charge in [0.15, 0.2) is 0 Å². The highest BCUT2D eigenvalue weighted by atomic mass is 16.3. The number of amides is 1. The van der Waals surface area contributed by atoms with Gasteiger partial charge in [-0.2, -0.15) is 5.10 Å². The first-order chi connectivity index (χ1) is 9.50. The molecule has 0 aliphatic heterocycles. The van der Waals surface area contributed by atoms with Gasteiger partial charge in [0.25, 0.3) is 5.91 Å². The van der Waals surface area contributed by atoms with Gasteiger partial charge in [-0.05, 0) is 25.5 Å². The van der Waals surface area contributed by atoms with E-state index in [1.54, 1.807) is 29.7 Å². The minimum absolute atomic E-state index is 0.0950. The number of aryl methyl sites for hydroxylation is 1. The predicted octanol–water partition coefficient (Wildman–Crippen LogP) is 1.05. The molecule has 2 aromatic heterocycles. The Kier molecular flexibility index (Phi) is 4.24. The zero-order valence-electron chi connectivity index (χ0n) is 12.0. The summed E-state index contributed by atoms with van der Waals surface area (Å²) in [4.78, 5) is 14.1. The first kappa shape index (κ1) is 14.3. The molecule has 1 amide bonds. The molecule has 1 N–H and O–H groups in total. The van der Waals surface area contributed by atoms with Gasteiger partial charge >= 0.3 is 0 Å². The zero-order chi connectivity index (χ0) is 14.7. The van der Waals surface area contributed by atoms with Crippen molar-refractivity contribution in [2.75, 3.05) is 13.6 Å². The highest BCUT2D eigenvalue weighted by molar-refractivity contribution is 5.96. The van der Waals surface area contributed by atoms with Crippen LogP contribution in [0.25, 0.3) is 5.82 Å². The fourth-order valence-electron chi connectivity index (χ4n) is 2.05. The van der Waals surface area contributed by atoms with Gasteiger partial charge < -0.3 is 14.6 Å². The van der Waals surface area contributed by atoms with Crippen molar-refractivity contribution in [1.82, 2.24) is 19.2 Å². The molecule has 0 fully saturated rings. The van der Waals surface area contributed by atoms with Gasteiger partial charge in [-0.25, -0.2) is 0 Å². The Morgan fingerprint density at radius 1 is 1.45 bits per heavy atom. The third-order valence-electron chi connectivity index (χ3n) is 3.22. The van der Waals surface area contributed by atoms with E-state index in [4.69, 9.17) is 0 Å². The van der Waals surface area contributed by atoms with Gasteiger partial charge in [-0.3, -0.25) is 9.48 Å². The van der Waals surface area contributed by atoms with Crippen LogP contribution >= 0.6 is 0 Å². The summed E-state index contributed by atoms with van der Waals surface area (Å²) >= 11 is 0. The van der Waals surface area contributed by atoms with E-state index >= 15 is 0 Å². The molecule has 0 saturated heterocycles. The van der Waals surface area contributed by atoms with E-state index in [2.05, 4.69) is 5.10 Å². The lowest BCUT2D eigenvalue weighted by molar-refractivity contribution is 0.0769. The molecule has 108 valence electrons. The normalized spacial score (nSPS) is 12.4. The summed E-state index contributed by atoms with van der Waals surface area (Å²) in [7, 11) is 3.54. The molecule has 0 aliphatic carbocycles. The lowest BCUT2D eigenvalue weighted by Crippen LogP contribution is -2.30. The first-order valence-electron chi connectivity index (χ1n) is 6.59. The van der Waals surface area contributed by atoms with Crippen molar-refractivity contribution in [2.45, 2.75) is 19.4 Å². The predicted molar refractivity (Wildman–Crippen MR) is 75.8 cm³/mol. The molecule has 0 saturated carbocycles. The van der Waals surface area contributed by atoms with Crippen LogP contribution in [-0.4, -0.2) is 50.0 Å². The first-order valence-corrected chi connectivity index (χ1v) is 6.59. The molecule has 1 unspecified atom stereocenters. The molecule has 0 bridgehead atoms. The average molecular weight is 276 g/mol. The Morgan fingerprint density at radius 3 is 2.70 bits per heavy atom. The van der Waals surface area contributed by atoms with Crippen molar-refractivity contribution >= 4 is 5.91 Å². The van der Waals surface area contributed by atoms with E-state index in [1.165, 1.54) is 0 Å². The molecule has 0 radical (unpaired) electrons. The summed E-state index contributed by atoms with van der Waals surface area (Å²) in [5.41, 5.74) is 0.553. The Balaban J connectivity index is 2.23. The lowest BCUT2D eigenvalue weighted by atomic mass is 10.2. The molecule has 1 atom stereocenters. The molecule has 2 aromatic rings. The fraction of sp³-hybridized carbons (Fsp3) is 0.429. The minimum atomic E-state index is -0.414. The zero-order valence-corrected chi connectivity index (χ0v) is 12.0. The van der Waals surface area contributed by atoms with Gasteiger partial charge in [0.1, 0.15) is 11.4 Å². The van der Waals surface area contributed by atoms with Gasteiger partial charge in [0.05, 0.1) is 12.3 Å². The van der Waals surface area contributed by atoms with Gasteiger partial charge in [0.2, 0.25) is 0 Å². The molecule has 0 aliphatic rings. The summed E-state index contributed by atoms with van der Waals surface area (Å²) < 4.78 is 3.54. The fourth-order valence-corrected chi connectivity index (χ4v) is 2.05. The smallest absolute Gasteiger partial charge is 0.259 e. The van der Waals surface area contributed by atoms with Crippen molar-refractivity contribution in [3.05, 3.63) is 36.3 Å². The maximum atomic E-state index is 12.5. The lowest BCUT2D eigenvalue weighted by Gasteiger charge is -2.18. The van der Waals surface area contributed by atoms with E-state index in [-0.39, 0.29) is 5.91 Å². The van der Waals surface area contributed by atoms with Crippen LogP contribution in [-0.2, 0) is 7.05 Å². The van der Waals surface area contributed by atoms with Gasteiger partial charge in [-0.1, -0.05) is 0 Å². The molecular weight excluding hydrogens is 256 g/mol. The van der Waals surface area contributed by atoms with Crippen molar-refractivity contribution in [3.63, 3.8) is 0 Å². The summed E-state index contributed by atoms with van der Waals surface area (Å²) in [6, 6.07) is 3.80. The maximum absolute atomic E-state index is 12.5. The quantitative estimate of drug-likeness (QED) is 0.888. The molecule has 20 heavy (non-hydrogen) atoms. The van der Waals surface area contributed by atoms with Crippen LogP contribution in [0, 0.1) is 0 Å². The number of carbonyl (C=O) groups is 1. The van der Waals surface area contributed by atoms with Crippen LogP contribution in [0.3, 0.4) is 0 Å². The van der Waals surface area contributed by atoms with Crippen LogP contribution in [0.2, 0.25) is 0 Å². The summed E-state index contributed by atoms with van der Waals surface area (Å²) in [6.07, 6.45) is 5.48. The van der Waals surface area contributed by atoms with E-state index in [0.29, 0.717) is 18.5 Å². The number of aliphatic hydroxyl groups is 1. The van der Waals surface area contributed by atoms with E-state index < -0.39 is 6.10 Å². The van der Waals surface area contributed by atoms with Crippen molar-refractivity contribution in [2.24, 2.45) is 7.05 Å². The summed E-state index contributed by atoms with van der Waals surface area (Å²) in [5, 5.41) is 13.5. The van der Waals surface area contributed by atoms with Crippen LogP contribution in [0.1, 0.15) is 23.7 Å². The second-order valence-electron chi connectivity index (χ2n) is 4.96. The number of hydrogen-bond acceptors (Lipinski definition) is 3. The summed E-state index contributed by atoms with van der Waals surface area (Å²) in [5.74, 6) is 0.645. The number of carbonyl (C=O) groups excluding carboxylic acids is 1. The van der Waals surface area contributed by atoms with Crippen molar-refractivity contribution in [3.8, 4) is 5.82 Å². The monoisotopic (exact) mass is 276 g/mol. The van der Waals surface area contributed by atoms with Crippen molar-refractivity contribution < 1.29 is 9.90 Å². The molecule has 6 nitrogen and oxygen atoms in total. The molecular formula is C14H20N4O2. The van der Waals surface area contributed by atoms with Crippen molar-refractivity contribution in [1.29, 1.82) is 0 Å². The SMILES string of the molecule is CC(O)CCN(C)C(=O)c1cnn(C)c1-n1cccc1. The second kappa shape index (κ2) is 5.92. The van der Waals surface area contributed by atoms with Crippen LogP contribution in [0.5, 0.6) is 0 Å². The third kappa shape index (κ3) is 2.91. The molecule has 0 spiro atoms. The topological polar surface area (TPSA) is 63.3 Å². The standard InChI is InChI=1S/C14H20N4O2/c1-11(19)6-9-16(2)14(20)12-10-15-17(3)13(12)18-7-4-5-8-18/h4-5,7-8,10-11,19H,6,9H2,1-3H3. The second-order valence-corrected chi connectivity index (χ2v) is 4.96. The molecule has 2 heterocycles. The Labute approximate surface area is 118 Å². The number of nitrogens with zero attached hydrogens (tertiary/aromatic N) is 4. The Hall–Kier alpha value is -2.08. The highest BCUT2D eigenvalue weighted by Crippen LogP contribution is 2.16. The Bertz CT molecular complexity index is 572. The van der Waals surface area contributed by atoms with Crippen LogP contribution < -0.4 is 0 Å². The highest BCUT2D eigenvalue weighted by Gasteiger charge is 2.20. The van der Waals surface area contributed by atoms with Crippen LogP contribution in [0.15, 0.2) is 30.7 Å². The van der Waals surface area contributed by atoms with Gasteiger partial charge in [0, 0.05) is 33.0 Å². The minimum Gasteiger partial charge on any atom is -0.393 e.